The van der Waals surface area contributed by atoms with Crippen LogP contribution in [-0.2, 0) is 0 Å². The van der Waals surface area contributed by atoms with E-state index in [2.05, 4.69) is 17.2 Å². The normalized spacial score (nSPS) is 8.89. The van der Waals surface area contributed by atoms with Crippen LogP contribution in [0.3, 0.4) is 0 Å². The molecule has 0 amide bonds. The van der Waals surface area contributed by atoms with E-state index in [9.17, 15) is 0 Å². The van der Waals surface area contributed by atoms with E-state index in [-0.39, 0.29) is 5.05 Å². The summed E-state index contributed by atoms with van der Waals surface area (Å²) in [7, 11) is 0. The lowest BCUT2D eigenvalue weighted by Gasteiger charge is -1.90. The van der Waals surface area contributed by atoms with Gasteiger partial charge in [0, 0.05) is 6.20 Å². The summed E-state index contributed by atoms with van der Waals surface area (Å²) in [5.41, 5.74) is 0.451. The number of hydrogen-bond donors (Lipinski definition) is 1. The Hall–Kier alpha value is -0.960. The Bertz CT molecular complexity index is 210. The molecule has 9 heavy (non-hydrogen) atoms. The van der Waals surface area contributed by atoms with Gasteiger partial charge in [0.2, 0.25) is 5.05 Å². The predicted molar refractivity (Wildman–Crippen MR) is 38.6 cm³/mol. The maximum atomic E-state index is 8.69. The average Bonchev–Trinajstić information content (AvgIpc) is 1.90. The molecular weight excluding hydrogens is 134 g/mol. The van der Waals surface area contributed by atoms with Crippen molar-refractivity contribution in [3.05, 3.63) is 30.1 Å². The molecule has 0 bridgehead atoms. The Morgan fingerprint density at radius 1 is 1.56 bits per heavy atom. The summed E-state index contributed by atoms with van der Waals surface area (Å²) < 4.78 is 0. The number of aliphatic hydroxyl groups is 1. The van der Waals surface area contributed by atoms with Gasteiger partial charge >= 0.3 is 0 Å². The van der Waals surface area contributed by atoms with Crippen LogP contribution in [0.15, 0.2) is 24.4 Å². The average molecular weight is 139 g/mol. The summed E-state index contributed by atoms with van der Waals surface area (Å²) in [6.07, 6.45) is 1.58. The van der Waals surface area contributed by atoms with Gasteiger partial charge in [-0.2, -0.15) is 0 Å². The van der Waals surface area contributed by atoms with Crippen LogP contribution in [0, 0.1) is 0 Å². The van der Waals surface area contributed by atoms with E-state index in [1.165, 1.54) is 0 Å². The highest BCUT2D eigenvalue weighted by Gasteiger charge is 1.93. The smallest absolute Gasteiger partial charge is 0.207 e. The second-order valence-electron chi connectivity index (χ2n) is 1.52. The van der Waals surface area contributed by atoms with E-state index >= 15 is 0 Å². The van der Waals surface area contributed by atoms with Gasteiger partial charge in [-0.25, -0.2) is 0 Å². The zero-order valence-corrected chi connectivity index (χ0v) is 5.43. The standard InChI is InChI=1S/C6H5NOS/c8-6(9)5-3-1-2-4-7-5/h1-4H,(H,8,9). The van der Waals surface area contributed by atoms with Crippen LogP contribution < -0.4 is 0 Å². The molecule has 0 atom stereocenters. The molecule has 0 aliphatic heterocycles. The van der Waals surface area contributed by atoms with E-state index < -0.39 is 0 Å². The maximum Gasteiger partial charge on any atom is 0.207 e. The van der Waals surface area contributed by atoms with Crippen molar-refractivity contribution in [3.8, 4) is 0 Å². The lowest BCUT2D eigenvalue weighted by molar-refractivity contribution is 0.568. The highest BCUT2D eigenvalue weighted by molar-refractivity contribution is 7.80. The van der Waals surface area contributed by atoms with Gasteiger partial charge in [-0.1, -0.05) is 6.07 Å². The minimum Gasteiger partial charge on any atom is -0.497 e. The summed E-state index contributed by atoms with van der Waals surface area (Å²) >= 11 is 4.46. The number of thiocarbonyl (C=S) groups is 1. The molecule has 46 valence electrons. The third-order valence-corrected chi connectivity index (χ3v) is 1.09. The van der Waals surface area contributed by atoms with Crippen LogP contribution in [0.2, 0.25) is 0 Å². The molecule has 1 N–H and O–H groups in total. The number of rotatable bonds is 1. The molecule has 1 rings (SSSR count). The SMILES string of the molecule is OC(=S)c1ccccn1. The van der Waals surface area contributed by atoms with Gasteiger partial charge in [0.05, 0.1) is 0 Å². The molecule has 2 nitrogen and oxygen atoms in total. The Morgan fingerprint density at radius 2 is 2.33 bits per heavy atom. The van der Waals surface area contributed by atoms with Crippen molar-refractivity contribution < 1.29 is 5.11 Å². The van der Waals surface area contributed by atoms with Crippen molar-refractivity contribution in [2.45, 2.75) is 0 Å². The third kappa shape index (κ3) is 1.47. The zero-order chi connectivity index (χ0) is 6.69. The molecule has 1 aromatic rings. The highest BCUT2D eigenvalue weighted by Crippen LogP contribution is 1.92. The molecule has 0 radical (unpaired) electrons. The third-order valence-electron chi connectivity index (χ3n) is 0.884. The van der Waals surface area contributed by atoms with Crippen molar-refractivity contribution in [1.82, 2.24) is 4.98 Å². The van der Waals surface area contributed by atoms with Gasteiger partial charge in [-0.15, -0.1) is 0 Å². The summed E-state index contributed by atoms with van der Waals surface area (Å²) in [6, 6.07) is 5.19. The van der Waals surface area contributed by atoms with E-state index in [0.29, 0.717) is 5.69 Å². The minimum atomic E-state index is -0.157. The molecular formula is C6H5NOS. The van der Waals surface area contributed by atoms with Crippen LogP contribution in [0.4, 0.5) is 0 Å². The topological polar surface area (TPSA) is 33.1 Å². The van der Waals surface area contributed by atoms with E-state index in [4.69, 9.17) is 5.11 Å². The molecule has 0 aliphatic carbocycles. The summed E-state index contributed by atoms with van der Waals surface area (Å²) in [4.78, 5) is 3.79. The predicted octanol–water partition coefficient (Wildman–Crippen LogP) is 1.32. The second-order valence-corrected chi connectivity index (χ2v) is 1.91. The quantitative estimate of drug-likeness (QED) is 0.595. The molecule has 1 heterocycles. The first-order valence-electron chi connectivity index (χ1n) is 2.45. The molecule has 3 heteroatoms. The second kappa shape index (κ2) is 2.55. The first-order valence-corrected chi connectivity index (χ1v) is 2.86. The number of aliphatic hydroxyl groups excluding tert-OH is 1. The summed E-state index contributed by atoms with van der Waals surface area (Å²) in [6.45, 7) is 0. The maximum absolute atomic E-state index is 8.69. The van der Waals surface area contributed by atoms with Crippen molar-refractivity contribution in [3.63, 3.8) is 0 Å². The summed E-state index contributed by atoms with van der Waals surface area (Å²) in [5, 5.41) is 8.54. The van der Waals surface area contributed by atoms with Crippen LogP contribution >= 0.6 is 12.2 Å². The van der Waals surface area contributed by atoms with Crippen molar-refractivity contribution in [1.29, 1.82) is 0 Å². The molecule has 0 unspecified atom stereocenters. The van der Waals surface area contributed by atoms with E-state index in [1.807, 2.05) is 0 Å². The monoisotopic (exact) mass is 139 g/mol. The highest BCUT2D eigenvalue weighted by atomic mass is 32.1. The van der Waals surface area contributed by atoms with Crippen LogP contribution in [0.25, 0.3) is 0 Å². The number of aromatic nitrogens is 1. The first-order chi connectivity index (χ1) is 4.30. The molecule has 0 spiro atoms. The molecule has 0 saturated carbocycles. The van der Waals surface area contributed by atoms with E-state index in [0.717, 1.165) is 0 Å². The lowest BCUT2D eigenvalue weighted by Crippen LogP contribution is -1.95. The van der Waals surface area contributed by atoms with Gasteiger partial charge in [-0.3, -0.25) is 4.98 Å². The van der Waals surface area contributed by atoms with Gasteiger partial charge in [0.25, 0.3) is 0 Å². The first kappa shape index (κ1) is 6.16. The van der Waals surface area contributed by atoms with Crippen molar-refractivity contribution in [2.24, 2.45) is 0 Å². The number of hydrogen-bond acceptors (Lipinski definition) is 2. The molecule has 0 saturated heterocycles. The van der Waals surface area contributed by atoms with Gasteiger partial charge in [0.1, 0.15) is 5.69 Å². The van der Waals surface area contributed by atoms with Gasteiger partial charge < -0.3 is 5.11 Å². The van der Waals surface area contributed by atoms with Crippen molar-refractivity contribution >= 4 is 17.3 Å². The Kier molecular flexibility index (Phi) is 1.75. The fourth-order valence-corrected chi connectivity index (χ4v) is 0.610. The fraction of sp³-hybridized carbons (Fsp3) is 0. The fourth-order valence-electron chi connectivity index (χ4n) is 0.489. The molecule has 1 aromatic heterocycles. The van der Waals surface area contributed by atoms with Crippen LogP contribution in [-0.4, -0.2) is 15.1 Å². The molecule has 0 fully saturated rings. The number of nitrogens with zero attached hydrogens (tertiary/aromatic N) is 1. The van der Waals surface area contributed by atoms with Crippen LogP contribution in [0.5, 0.6) is 0 Å². The molecule has 0 aromatic carbocycles. The van der Waals surface area contributed by atoms with E-state index in [1.54, 1.807) is 24.4 Å². The van der Waals surface area contributed by atoms with Gasteiger partial charge in [-0.05, 0) is 24.4 Å². The Morgan fingerprint density at radius 3 is 2.67 bits per heavy atom. The minimum absolute atomic E-state index is 0.157. The van der Waals surface area contributed by atoms with Gasteiger partial charge in [0.15, 0.2) is 0 Å². The summed E-state index contributed by atoms with van der Waals surface area (Å²) in [5.74, 6) is 0. The largest absolute Gasteiger partial charge is 0.497 e. The number of pyridine rings is 1. The lowest BCUT2D eigenvalue weighted by atomic mass is 10.4. The molecule has 0 aliphatic rings. The Balaban J connectivity index is 2.98. The van der Waals surface area contributed by atoms with Crippen LogP contribution in [0.1, 0.15) is 5.69 Å². The Labute approximate surface area is 58.2 Å². The zero-order valence-electron chi connectivity index (χ0n) is 4.61. The van der Waals surface area contributed by atoms with Crippen molar-refractivity contribution in [2.75, 3.05) is 0 Å².